The third kappa shape index (κ3) is 5.21. The molecule has 1 saturated heterocycles. The lowest BCUT2D eigenvalue weighted by atomic mass is 9.87. The van der Waals surface area contributed by atoms with Crippen molar-refractivity contribution in [1.29, 1.82) is 0 Å². The molecule has 5 nitrogen and oxygen atoms in total. The highest BCUT2D eigenvalue weighted by molar-refractivity contribution is 5.74. The summed E-state index contributed by atoms with van der Waals surface area (Å²) in [5.74, 6) is 0.229. The van der Waals surface area contributed by atoms with Crippen molar-refractivity contribution in [1.82, 2.24) is 15.1 Å². The van der Waals surface area contributed by atoms with Crippen LogP contribution < -0.4 is 5.32 Å². The van der Waals surface area contributed by atoms with E-state index in [1.807, 2.05) is 35.2 Å². The number of likely N-dealkylation sites (N-methyl/N-ethyl adjacent to an activating group) is 1. The van der Waals surface area contributed by atoms with Crippen molar-refractivity contribution in [3.05, 3.63) is 35.9 Å². The lowest BCUT2D eigenvalue weighted by Gasteiger charge is -2.34. The molecule has 1 fully saturated rings. The van der Waals surface area contributed by atoms with Crippen LogP contribution in [0, 0.1) is 5.92 Å². The van der Waals surface area contributed by atoms with Gasteiger partial charge in [0.1, 0.15) is 0 Å². The standard InChI is InChI=1S/C19H31N3O2/c1-3-21(4-2)15-12-20-19(24)22-13-10-17(11-14-22)18(23)16-8-6-5-7-9-16/h5-9,17-18,23H,3-4,10-15H2,1-2H3,(H,20,24). The predicted octanol–water partition coefficient (Wildman–Crippen LogP) is 2.48. The van der Waals surface area contributed by atoms with Gasteiger partial charge in [-0.2, -0.15) is 0 Å². The summed E-state index contributed by atoms with van der Waals surface area (Å²) in [6.07, 6.45) is 1.26. The first kappa shape index (κ1) is 18.7. The Labute approximate surface area is 145 Å². The summed E-state index contributed by atoms with van der Waals surface area (Å²) < 4.78 is 0. The average Bonchev–Trinajstić information content (AvgIpc) is 2.65. The molecule has 0 aliphatic carbocycles. The molecule has 0 radical (unpaired) electrons. The molecule has 0 saturated carbocycles. The van der Waals surface area contributed by atoms with Gasteiger partial charge in [0.15, 0.2) is 0 Å². The third-order valence-corrected chi connectivity index (χ3v) is 5.01. The minimum Gasteiger partial charge on any atom is -0.388 e. The molecular formula is C19H31N3O2. The normalized spacial score (nSPS) is 17.1. The van der Waals surface area contributed by atoms with Gasteiger partial charge in [-0.1, -0.05) is 44.2 Å². The molecule has 1 heterocycles. The Morgan fingerprint density at radius 3 is 2.46 bits per heavy atom. The summed E-state index contributed by atoms with van der Waals surface area (Å²) in [6.45, 7) is 9.29. The lowest BCUT2D eigenvalue weighted by Crippen LogP contribution is -2.46. The van der Waals surface area contributed by atoms with E-state index in [1.165, 1.54) is 0 Å². The Kier molecular flexibility index (Phi) is 7.53. The molecule has 2 N–H and O–H groups in total. The number of rotatable bonds is 7. The Morgan fingerprint density at radius 1 is 1.25 bits per heavy atom. The van der Waals surface area contributed by atoms with Crippen molar-refractivity contribution in [3.8, 4) is 0 Å². The second-order valence-electron chi connectivity index (χ2n) is 6.44. The molecule has 0 bridgehead atoms. The molecule has 24 heavy (non-hydrogen) atoms. The molecule has 1 aromatic carbocycles. The van der Waals surface area contributed by atoms with Crippen molar-refractivity contribution in [2.45, 2.75) is 32.8 Å². The predicted molar refractivity (Wildman–Crippen MR) is 96.9 cm³/mol. The number of benzene rings is 1. The van der Waals surface area contributed by atoms with E-state index in [0.29, 0.717) is 19.6 Å². The van der Waals surface area contributed by atoms with Gasteiger partial charge in [0.25, 0.3) is 0 Å². The van der Waals surface area contributed by atoms with E-state index in [0.717, 1.165) is 38.0 Å². The summed E-state index contributed by atoms with van der Waals surface area (Å²) in [7, 11) is 0. The van der Waals surface area contributed by atoms with Crippen molar-refractivity contribution < 1.29 is 9.90 Å². The van der Waals surface area contributed by atoms with Crippen molar-refractivity contribution in [3.63, 3.8) is 0 Å². The van der Waals surface area contributed by atoms with Crippen LogP contribution in [0.4, 0.5) is 4.79 Å². The number of carbonyl (C=O) groups is 1. The SMILES string of the molecule is CCN(CC)CCNC(=O)N1CCC(C(O)c2ccccc2)CC1. The summed E-state index contributed by atoms with van der Waals surface area (Å²) in [5, 5.41) is 13.5. The van der Waals surface area contributed by atoms with Crippen LogP contribution in [0.25, 0.3) is 0 Å². The zero-order valence-corrected chi connectivity index (χ0v) is 14.9. The lowest BCUT2D eigenvalue weighted by molar-refractivity contribution is 0.0664. The van der Waals surface area contributed by atoms with E-state index < -0.39 is 6.10 Å². The van der Waals surface area contributed by atoms with Gasteiger partial charge in [0.2, 0.25) is 0 Å². The van der Waals surface area contributed by atoms with Crippen molar-refractivity contribution in [2.75, 3.05) is 39.3 Å². The number of hydrogen-bond acceptors (Lipinski definition) is 3. The second kappa shape index (κ2) is 9.64. The first-order chi connectivity index (χ1) is 11.7. The highest BCUT2D eigenvalue weighted by Crippen LogP contribution is 2.30. The molecule has 1 aromatic rings. The van der Waals surface area contributed by atoms with Crippen LogP contribution in [0.5, 0.6) is 0 Å². The van der Waals surface area contributed by atoms with Crippen molar-refractivity contribution in [2.24, 2.45) is 5.92 Å². The highest BCUT2D eigenvalue weighted by atomic mass is 16.3. The number of nitrogens with zero attached hydrogens (tertiary/aromatic N) is 2. The molecule has 2 amide bonds. The molecule has 2 rings (SSSR count). The monoisotopic (exact) mass is 333 g/mol. The fourth-order valence-corrected chi connectivity index (χ4v) is 3.31. The summed E-state index contributed by atoms with van der Waals surface area (Å²) >= 11 is 0. The van der Waals surface area contributed by atoms with Crippen LogP contribution in [0.1, 0.15) is 38.4 Å². The van der Waals surface area contributed by atoms with Crippen LogP contribution in [0.2, 0.25) is 0 Å². The molecule has 1 aliphatic heterocycles. The topological polar surface area (TPSA) is 55.8 Å². The number of amides is 2. The van der Waals surface area contributed by atoms with Gasteiger partial charge in [-0.05, 0) is 37.4 Å². The van der Waals surface area contributed by atoms with E-state index in [9.17, 15) is 9.90 Å². The molecule has 1 aliphatic rings. The molecule has 5 heteroatoms. The maximum Gasteiger partial charge on any atom is 0.317 e. The van der Waals surface area contributed by atoms with Crippen LogP contribution in [0.15, 0.2) is 30.3 Å². The van der Waals surface area contributed by atoms with Gasteiger partial charge in [-0.25, -0.2) is 4.79 Å². The van der Waals surface area contributed by atoms with Crippen LogP contribution in [-0.2, 0) is 0 Å². The van der Waals surface area contributed by atoms with Gasteiger partial charge in [0.05, 0.1) is 6.10 Å². The van der Waals surface area contributed by atoms with E-state index >= 15 is 0 Å². The maximum atomic E-state index is 12.2. The fraction of sp³-hybridized carbons (Fsp3) is 0.632. The third-order valence-electron chi connectivity index (χ3n) is 5.01. The molecular weight excluding hydrogens is 302 g/mol. The van der Waals surface area contributed by atoms with Crippen molar-refractivity contribution >= 4 is 6.03 Å². The fourth-order valence-electron chi connectivity index (χ4n) is 3.31. The summed E-state index contributed by atoms with van der Waals surface area (Å²) in [6, 6.07) is 9.83. The number of hydrogen-bond donors (Lipinski definition) is 2. The summed E-state index contributed by atoms with van der Waals surface area (Å²) in [4.78, 5) is 16.4. The van der Waals surface area contributed by atoms with Crippen LogP contribution in [0.3, 0.4) is 0 Å². The molecule has 134 valence electrons. The summed E-state index contributed by atoms with van der Waals surface area (Å²) in [5.41, 5.74) is 0.972. The Balaban J connectivity index is 1.73. The van der Waals surface area contributed by atoms with E-state index in [4.69, 9.17) is 0 Å². The number of likely N-dealkylation sites (tertiary alicyclic amines) is 1. The zero-order valence-electron chi connectivity index (χ0n) is 14.9. The minimum atomic E-state index is -0.431. The average molecular weight is 333 g/mol. The number of aliphatic hydroxyl groups excluding tert-OH is 1. The zero-order chi connectivity index (χ0) is 17.4. The van der Waals surface area contributed by atoms with Gasteiger partial charge >= 0.3 is 6.03 Å². The molecule has 1 unspecified atom stereocenters. The minimum absolute atomic E-state index is 0.0230. The van der Waals surface area contributed by atoms with E-state index in [-0.39, 0.29) is 11.9 Å². The Hall–Kier alpha value is -1.59. The van der Waals surface area contributed by atoms with Crippen LogP contribution in [-0.4, -0.2) is 60.2 Å². The quantitative estimate of drug-likeness (QED) is 0.806. The van der Waals surface area contributed by atoms with Gasteiger partial charge in [0, 0.05) is 26.2 Å². The number of carbonyl (C=O) groups excluding carboxylic acids is 1. The van der Waals surface area contributed by atoms with Gasteiger partial charge in [-0.3, -0.25) is 0 Å². The largest absolute Gasteiger partial charge is 0.388 e. The second-order valence-corrected chi connectivity index (χ2v) is 6.44. The Morgan fingerprint density at radius 2 is 1.88 bits per heavy atom. The maximum absolute atomic E-state index is 12.2. The molecule has 1 atom stereocenters. The number of piperidine rings is 1. The van der Waals surface area contributed by atoms with E-state index in [2.05, 4.69) is 24.1 Å². The number of aliphatic hydroxyl groups is 1. The van der Waals surface area contributed by atoms with Gasteiger partial charge in [-0.15, -0.1) is 0 Å². The highest BCUT2D eigenvalue weighted by Gasteiger charge is 2.28. The smallest absolute Gasteiger partial charge is 0.317 e. The van der Waals surface area contributed by atoms with Gasteiger partial charge < -0.3 is 20.2 Å². The Bertz CT molecular complexity index is 483. The molecule has 0 spiro atoms. The number of urea groups is 1. The first-order valence-electron chi connectivity index (χ1n) is 9.13. The van der Waals surface area contributed by atoms with E-state index in [1.54, 1.807) is 0 Å². The number of nitrogens with one attached hydrogen (secondary N) is 1. The van der Waals surface area contributed by atoms with Crippen LogP contribution >= 0.6 is 0 Å². The first-order valence-corrected chi connectivity index (χ1v) is 9.13. The molecule has 0 aromatic heterocycles.